The van der Waals surface area contributed by atoms with Crippen molar-refractivity contribution in [2.45, 2.75) is 97.5 Å². The van der Waals surface area contributed by atoms with Crippen molar-refractivity contribution in [3.8, 4) is 0 Å². The molecule has 43 heavy (non-hydrogen) atoms. The molecule has 0 bridgehead atoms. The van der Waals surface area contributed by atoms with Crippen molar-refractivity contribution in [3.63, 3.8) is 0 Å². The van der Waals surface area contributed by atoms with E-state index in [1.165, 1.54) is 29.2 Å². The largest absolute Gasteiger partial charge is 0.482 e. The summed E-state index contributed by atoms with van der Waals surface area (Å²) in [6.07, 6.45) is 1.15. The molecule has 1 aromatic carbocycles. The number of carbonyl (C=O) groups excluding carboxylic acids is 4. The highest BCUT2D eigenvalue weighted by molar-refractivity contribution is 6.48. The van der Waals surface area contributed by atoms with Gasteiger partial charge in [0.2, 0.25) is 11.8 Å². The second-order valence-electron chi connectivity index (χ2n) is 12.9. The summed E-state index contributed by atoms with van der Waals surface area (Å²) >= 11 is 0. The zero-order valence-electron chi connectivity index (χ0n) is 26.4. The molecule has 3 rings (SSSR count). The number of carbonyl (C=O) groups is 5. The number of nitrogens with one attached hydrogen (secondary N) is 3. The molecule has 12 nitrogen and oxygen atoms in total. The standard InChI is InChI=1S/C30H45BN4O8/c1-17(2)23(33-26(39)20-13-11-19(12-14-20)25(38)32-16-22(36)37)28(41)35-15-9-10-21(35)27(40)34-24(18(3)4)31-42-29(5,6)30(7,8)43-31/h11-14,17-18,21,23-24H,9-10,15-16H2,1-8H3,(H,32,38)(H,33,39)(H,34,40)(H,36,37)/t21?,23?,24-/m0/s1. The molecule has 0 saturated carbocycles. The van der Waals surface area contributed by atoms with Crippen LogP contribution in [0.4, 0.5) is 0 Å². The van der Waals surface area contributed by atoms with Crippen LogP contribution in [-0.2, 0) is 23.7 Å². The van der Waals surface area contributed by atoms with Gasteiger partial charge in [0, 0.05) is 17.7 Å². The predicted octanol–water partition coefficient (Wildman–Crippen LogP) is 2.02. The number of aliphatic carboxylic acids is 1. The van der Waals surface area contributed by atoms with Crippen molar-refractivity contribution < 1.29 is 38.4 Å². The number of nitrogens with zero attached hydrogens (tertiary/aromatic N) is 1. The lowest BCUT2D eigenvalue weighted by atomic mass is 9.72. The minimum absolute atomic E-state index is 0.00142. The normalized spacial score (nSPS) is 20.6. The Balaban J connectivity index is 1.69. The van der Waals surface area contributed by atoms with Crippen LogP contribution in [0, 0.1) is 11.8 Å². The first-order chi connectivity index (χ1) is 19.9. The molecule has 0 spiro atoms. The molecule has 3 atom stereocenters. The van der Waals surface area contributed by atoms with Gasteiger partial charge in [-0.15, -0.1) is 0 Å². The minimum atomic E-state index is -1.17. The van der Waals surface area contributed by atoms with Crippen molar-refractivity contribution in [3.05, 3.63) is 35.4 Å². The third-order valence-electron chi connectivity index (χ3n) is 8.46. The number of carboxylic acids is 1. The van der Waals surface area contributed by atoms with Gasteiger partial charge in [-0.3, -0.25) is 24.0 Å². The van der Waals surface area contributed by atoms with E-state index >= 15 is 0 Å². The van der Waals surface area contributed by atoms with Gasteiger partial charge in [-0.05, 0) is 76.6 Å². The summed E-state index contributed by atoms with van der Waals surface area (Å²) in [7, 11) is -0.642. The minimum Gasteiger partial charge on any atom is -0.480 e. The summed E-state index contributed by atoms with van der Waals surface area (Å²) in [6, 6.07) is 4.09. The van der Waals surface area contributed by atoms with Gasteiger partial charge in [0.05, 0.1) is 17.1 Å². The third-order valence-corrected chi connectivity index (χ3v) is 8.46. The second-order valence-corrected chi connectivity index (χ2v) is 12.9. The van der Waals surface area contributed by atoms with Gasteiger partial charge in [-0.1, -0.05) is 27.7 Å². The highest BCUT2D eigenvalue weighted by Gasteiger charge is 2.55. The lowest BCUT2D eigenvalue weighted by molar-refractivity contribution is -0.140. The summed E-state index contributed by atoms with van der Waals surface area (Å²) in [5, 5.41) is 16.9. The number of benzene rings is 1. The van der Waals surface area contributed by atoms with Gasteiger partial charge in [0.15, 0.2) is 0 Å². The van der Waals surface area contributed by atoms with E-state index in [0.717, 1.165) is 0 Å². The Kier molecular flexibility index (Phi) is 10.7. The summed E-state index contributed by atoms with van der Waals surface area (Å²) in [4.78, 5) is 64.8. The Hall–Kier alpha value is -3.45. The monoisotopic (exact) mass is 600 g/mol. The molecule has 2 aliphatic heterocycles. The lowest BCUT2D eigenvalue weighted by Crippen LogP contribution is -2.58. The third kappa shape index (κ3) is 7.94. The maximum Gasteiger partial charge on any atom is 0.482 e. The van der Waals surface area contributed by atoms with E-state index in [1.54, 1.807) is 0 Å². The summed E-state index contributed by atoms with van der Waals surface area (Å²) < 4.78 is 12.4. The summed E-state index contributed by atoms with van der Waals surface area (Å²) in [5.41, 5.74) is -0.687. The molecule has 0 radical (unpaired) electrons. The predicted molar refractivity (Wildman–Crippen MR) is 160 cm³/mol. The van der Waals surface area contributed by atoms with Crippen LogP contribution in [0.3, 0.4) is 0 Å². The van der Waals surface area contributed by atoms with Crippen molar-refractivity contribution >= 4 is 36.7 Å². The molecule has 13 heteroatoms. The molecule has 2 unspecified atom stereocenters. The molecule has 236 valence electrons. The first-order valence-corrected chi connectivity index (χ1v) is 14.8. The van der Waals surface area contributed by atoms with Crippen molar-refractivity contribution in [1.82, 2.24) is 20.9 Å². The van der Waals surface area contributed by atoms with Gasteiger partial charge in [-0.2, -0.15) is 0 Å². The molecular formula is C30H45BN4O8. The van der Waals surface area contributed by atoms with E-state index in [2.05, 4.69) is 16.0 Å². The molecule has 2 aliphatic rings. The average molecular weight is 601 g/mol. The van der Waals surface area contributed by atoms with Crippen LogP contribution in [0.25, 0.3) is 0 Å². The van der Waals surface area contributed by atoms with Gasteiger partial charge >= 0.3 is 13.1 Å². The number of carboxylic acid groups (broad SMARTS) is 1. The SMILES string of the molecule is CC(C)C(NC(=O)c1ccc(C(=O)NCC(=O)O)cc1)C(=O)N1CCCC1C(=O)N[C@H](B1OC(C)(C)C(C)(C)O1)C(C)C. The molecule has 2 saturated heterocycles. The first kappa shape index (κ1) is 34.0. The van der Waals surface area contributed by atoms with Crippen LogP contribution in [0.5, 0.6) is 0 Å². The number of hydrogen-bond acceptors (Lipinski definition) is 7. The highest BCUT2D eigenvalue weighted by Crippen LogP contribution is 2.38. The van der Waals surface area contributed by atoms with Gasteiger partial charge in [0.25, 0.3) is 11.8 Å². The second kappa shape index (κ2) is 13.5. The Labute approximate surface area is 253 Å². The van der Waals surface area contributed by atoms with Crippen molar-refractivity contribution in [1.29, 1.82) is 0 Å². The van der Waals surface area contributed by atoms with Crippen molar-refractivity contribution in [2.75, 3.05) is 13.1 Å². The van der Waals surface area contributed by atoms with E-state index < -0.39 is 60.7 Å². The fraction of sp³-hybridized carbons (Fsp3) is 0.633. The molecule has 0 aromatic heterocycles. The van der Waals surface area contributed by atoms with Crippen LogP contribution in [-0.4, -0.2) is 89.0 Å². The Bertz CT molecular complexity index is 1200. The topological polar surface area (TPSA) is 163 Å². The number of amides is 4. The molecule has 4 amide bonds. The molecule has 2 heterocycles. The fourth-order valence-electron chi connectivity index (χ4n) is 5.10. The van der Waals surface area contributed by atoms with Gasteiger partial charge in [0.1, 0.15) is 18.6 Å². The van der Waals surface area contributed by atoms with Gasteiger partial charge < -0.3 is 35.3 Å². The molecule has 4 N–H and O–H groups in total. The number of hydrogen-bond donors (Lipinski definition) is 4. The fourth-order valence-corrected chi connectivity index (χ4v) is 5.10. The zero-order chi connectivity index (χ0) is 32.3. The lowest BCUT2D eigenvalue weighted by Gasteiger charge is -2.32. The zero-order valence-corrected chi connectivity index (χ0v) is 26.4. The summed E-state index contributed by atoms with van der Waals surface area (Å²) in [6.45, 7) is 15.3. The van der Waals surface area contributed by atoms with E-state index in [1.807, 2.05) is 55.4 Å². The van der Waals surface area contributed by atoms with Crippen LogP contribution >= 0.6 is 0 Å². The van der Waals surface area contributed by atoms with E-state index in [-0.39, 0.29) is 34.8 Å². The van der Waals surface area contributed by atoms with Crippen LogP contribution in [0.15, 0.2) is 24.3 Å². The van der Waals surface area contributed by atoms with Crippen LogP contribution in [0.1, 0.15) is 88.9 Å². The molecule has 2 fully saturated rings. The van der Waals surface area contributed by atoms with Crippen molar-refractivity contribution in [2.24, 2.45) is 11.8 Å². The molecule has 1 aromatic rings. The Morgan fingerprint density at radius 2 is 1.44 bits per heavy atom. The quantitative estimate of drug-likeness (QED) is 0.281. The van der Waals surface area contributed by atoms with E-state index in [9.17, 15) is 24.0 Å². The van der Waals surface area contributed by atoms with Gasteiger partial charge in [-0.25, -0.2) is 0 Å². The maximum atomic E-state index is 13.8. The Morgan fingerprint density at radius 1 is 0.907 bits per heavy atom. The molecular weight excluding hydrogens is 555 g/mol. The average Bonchev–Trinajstić information content (AvgIpc) is 3.49. The van der Waals surface area contributed by atoms with Crippen LogP contribution < -0.4 is 16.0 Å². The van der Waals surface area contributed by atoms with E-state index in [0.29, 0.717) is 19.4 Å². The first-order valence-electron chi connectivity index (χ1n) is 14.8. The number of likely N-dealkylation sites (tertiary alicyclic amines) is 1. The summed E-state index contributed by atoms with van der Waals surface area (Å²) in [5.74, 6) is -3.59. The highest BCUT2D eigenvalue weighted by atomic mass is 16.7. The maximum absolute atomic E-state index is 13.8. The van der Waals surface area contributed by atoms with E-state index in [4.69, 9.17) is 14.4 Å². The number of rotatable bonds is 11. The van der Waals surface area contributed by atoms with Crippen LogP contribution in [0.2, 0.25) is 0 Å². The Morgan fingerprint density at radius 3 is 1.93 bits per heavy atom. The smallest absolute Gasteiger partial charge is 0.480 e. The molecule has 0 aliphatic carbocycles.